The Morgan fingerprint density at radius 3 is 1.89 bits per heavy atom. The topological polar surface area (TPSA) is 128 Å². The van der Waals surface area contributed by atoms with Crippen molar-refractivity contribution in [1.29, 1.82) is 0 Å². The fourth-order valence-electron chi connectivity index (χ4n) is 3.82. The Hall–Kier alpha value is -3.44. The van der Waals surface area contributed by atoms with Crippen molar-refractivity contribution in [3.63, 3.8) is 0 Å². The SMILES string of the molecule is COC(=O)c1cc(NC(=O)c2ccc(OC)c(S(=O)(=O)N3CCCCCC3)c2)cc(C(=O)OC)c1. The molecular formula is C24H28N2O8S. The van der Waals surface area contributed by atoms with Gasteiger partial charge in [-0.2, -0.15) is 4.31 Å². The van der Waals surface area contributed by atoms with E-state index in [4.69, 9.17) is 14.2 Å². The molecule has 2 aromatic rings. The van der Waals surface area contributed by atoms with E-state index in [1.807, 2.05) is 0 Å². The number of esters is 2. The van der Waals surface area contributed by atoms with Gasteiger partial charge in [-0.15, -0.1) is 0 Å². The van der Waals surface area contributed by atoms with Crippen LogP contribution < -0.4 is 10.1 Å². The molecule has 0 bridgehead atoms. The summed E-state index contributed by atoms with van der Waals surface area (Å²) in [5, 5.41) is 2.60. The van der Waals surface area contributed by atoms with Crippen molar-refractivity contribution < 1.29 is 37.0 Å². The van der Waals surface area contributed by atoms with Crippen LogP contribution in [0.25, 0.3) is 0 Å². The van der Waals surface area contributed by atoms with E-state index in [-0.39, 0.29) is 33.0 Å². The number of ether oxygens (including phenoxy) is 3. The van der Waals surface area contributed by atoms with Crippen LogP contribution in [0.15, 0.2) is 41.3 Å². The van der Waals surface area contributed by atoms with Crippen LogP contribution in [-0.2, 0) is 19.5 Å². The third-order valence-corrected chi connectivity index (χ3v) is 7.56. The third kappa shape index (κ3) is 5.98. The highest BCUT2D eigenvalue weighted by molar-refractivity contribution is 7.89. The summed E-state index contributed by atoms with van der Waals surface area (Å²) in [5.74, 6) is -1.92. The van der Waals surface area contributed by atoms with Gasteiger partial charge in [-0.1, -0.05) is 12.8 Å². The van der Waals surface area contributed by atoms with Crippen LogP contribution in [0.2, 0.25) is 0 Å². The number of methoxy groups -OCH3 is 3. The lowest BCUT2D eigenvalue weighted by atomic mass is 10.1. The molecule has 1 heterocycles. The smallest absolute Gasteiger partial charge is 0.337 e. The number of anilines is 1. The minimum absolute atomic E-state index is 0.0323. The minimum Gasteiger partial charge on any atom is -0.495 e. The van der Waals surface area contributed by atoms with E-state index in [9.17, 15) is 22.8 Å². The Kier molecular flexibility index (Phi) is 8.47. The molecule has 2 aromatic carbocycles. The second-order valence-electron chi connectivity index (χ2n) is 7.92. The molecule has 1 N–H and O–H groups in total. The van der Waals surface area contributed by atoms with Crippen molar-refractivity contribution >= 4 is 33.6 Å². The van der Waals surface area contributed by atoms with Crippen molar-refractivity contribution in [3.8, 4) is 5.75 Å². The Labute approximate surface area is 204 Å². The van der Waals surface area contributed by atoms with E-state index in [1.165, 1.54) is 62.0 Å². The van der Waals surface area contributed by atoms with Gasteiger partial charge in [0.2, 0.25) is 10.0 Å². The standard InChI is InChI=1S/C24H28N2O8S/c1-32-20-9-8-16(15-21(20)35(30,31)26-10-6-4-5-7-11-26)22(27)25-19-13-17(23(28)33-2)12-18(14-19)24(29)34-3/h8-9,12-15H,4-7,10-11H2,1-3H3,(H,25,27). The van der Waals surface area contributed by atoms with Crippen molar-refractivity contribution in [2.24, 2.45) is 0 Å². The maximum atomic E-state index is 13.4. The van der Waals surface area contributed by atoms with Gasteiger partial charge in [0.25, 0.3) is 5.91 Å². The highest BCUT2D eigenvalue weighted by atomic mass is 32.2. The number of nitrogens with zero attached hydrogens (tertiary/aromatic N) is 1. The first-order valence-corrected chi connectivity index (χ1v) is 12.5. The lowest BCUT2D eigenvalue weighted by Crippen LogP contribution is -2.32. The van der Waals surface area contributed by atoms with Gasteiger partial charge in [0, 0.05) is 24.3 Å². The molecule has 11 heteroatoms. The summed E-state index contributed by atoms with van der Waals surface area (Å²) in [5.41, 5.74) is 0.253. The predicted octanol–water partition coefficient (Wildman–Crippen LogP) is 3.09. The quantitative estimate of drug-likeness (QED) is 0.570. The van der Waals surface area contributed by atoms with Crippen LogP contribution in [0.4, 0.5) is 5.69 Å². The van der Waals surface area contributed by atoms with E-state index < -0.39 is 27.9 Å². The van der Waals surface area contributed by atoms with Gasteiger partial charge in [0.15, 0.2) is 0 Å². The second kappa shape index (κ2) is 11.3. The van der Waals surface area contributed by atoms with Gasteiger partial charge in [-0.05, 0) is 49.2 Å². The van der Waals surface area contributed by atoms with E-state index in [0.29, 0.717) is 13.1 Å². The van der Waals surface area contributed by atoms with Crippen LogP contribution >= 0.6 is 0 Å². The number of carbonyl (C=O) groups is 3. The predicted molar refractivity (Wildman–Crippen MR) is 127 cm³/mol. The van der Waals surface area contributed by atoms with Crippen LogP contribution in [0.1, 0.15) is 56.8 Å². The van der Waals surface area contributed by atoms with Gasteiger partial charge in [-0.3, -0.25) is 4.79 Å². The fourth-order valence-corrected chi connectivity index (χ4v) is 5.51. The average molecular weight is 505 g/mol. The lowest BCUT2D eigenvalue weighted by molar-refractivity contribution is 0.0598. The molecule has 1 aliphatic heterocycles. The Balaban J connectivity index is 1.96. The van der Waals surface area contributed by atoms with Crippen molar-refractivity contribution in [3.05, 3.63) is 53.1 Å². The summed E-state index contributed by atoms with van der Waals surface area (Å²) in [6.07, 6.45) is 3.45. The van der Waals surface area contributed by atoms with Crippen molar-refractivity contribution in [2.45, 2.75) is 30.6 Å². The molecule has 0 aromatic heterocycles. The third-order valence-electron chi connectivity index (χ3n) is 5.64. The van der Waals surface area contributed by atoms with Gasteiger partial charge >= 0.3 is 11.9 Å². The average Bonchev–Trinajstić information content (AvgIpc) is 3.17. The first-order chi connectivity index (χ1) is 16.7. The lowest BCUT2D eigenvalue weighted by Gasteiger charge is -2.21. The van der Waals surface area contributed by atoms with Crippen LogP contribution in [0, 0.1) is 0 Å². The molecule has 1 saturated heterocycles. The maximum absolute atomic E-state index is 13.4. The van der Waals surface area contributed by atoms with Crippen LogP contribution in [-0.4, -0.2) is 65.0 Å². The Bertz CT molecular complexity index is 1180. The molecular weight excluding hydrogens is 476 g/mol. The van der Waals surface area contributed by atoms with E-state index in [0.717, 1.165) is 25.7 Å². The number of sulfonamides is 1. The number of hydrogen-bond donors (Lipinski definition) is 1. The summed E-state index contributed by atoms with van der Waals surface area (Å²) >= 11 is 0. The van der Waals surface area contributed by atoms with Crippen molar-refractivity contribution in [2.75, 3.05) is 39.7 Å². The molecule has 1 amide bonds. The summed E-state index contributed by atoms with van der Waals surface area (Å²) in [4.78, 5) is 37.0. The molecule has 0 spiro atoms. The second-order valence-corrected chi connectivity index (χ2v) is 9.83. The van der Waals surface area contributed by atoms with E-state index in [1.54, 1.807) is 0 Å². The van der Waals surface area contributed by atoms with E-state index >= 15 is 0 Å². The zero-order valence-electron chi connectivity index (χ0n) is 19.8. The first kappa shape index (κ1) is 26.2. The Morgan fingerprint density at radius 1 is 0.800 bits per heavy atom. The largest absolute Gasteiger partial charge is 0.495 e. The number of nitrogens with one attached hydrogen (secondary N) is 1. The minimum atomic E-state index is -3.89. The molecule has 188 valence electrons. The molecule has 0 aliphatic carbocycles. The van der Waals surface area contributed by atoms with Gasteiger partial charge in [0.1, 0.15) is 10.6 Å². The molecule has 0 atom stereocenters. The Morgan fingerprint density at radius 2 is 1.37 bits per heavy atom. The number of carbonyl (C=O) groups excluding carboxylic acids is 3. The first-order valence-electron chi connectivity index (χ1n) is 11.0. The molecule has 1 fully saturated rings. The highest BCUT2D eigenvalue weighted by Gasteiger charge is 2.29. The summed E-state index contributed by atoms with van der Waals surface area (Å²) < 4.78 is 42.8. The van der Waals surface area contributed by atoms with Gasteiger partial charge in [-0.25, -0.2) is 18.0 Å². The molecule has 0 radical (unpaired) electrons. The molecule has 1 aliphatic rings. The molecule has 10 nitrogen and oxygen atoms in total. The summed E-state index contributed by atoms with van der Waals surface area (Å²) in [7, 11) is -0.150. The number of benzene rings is 2. The maximum Gasteiger partial charge on any atom is 0.337 e. The summed E-state index contributed by atoms with van der Waals surface area (Å²) in [6.45, 7) is 0.803. The molecule has 3 rings (SSSR count). The van der Waals surface area contributed by atoms with Crippen LogP contribution in [0.3, 0.4) is 0 Å². The fraction of sp³-hybridized carbons (Fsp3) is 0.375. The number of hydrogen-bond acceptors (Lipinski definition) is 8. The van der Waals surface area contributed by atoms with Crippen molar-refractivity contribution in [1.82, 2.24) is 4.31 Å². The van der Waals surface area contributed by atoms with E-state index in [2.05, 4.69) is 5.32 Å². The van der Waals surface area contributed by atoms with Gasteiger partial charge < -0.3 is 19.5 Å². The monoisotopic (exact) mass is 504 g/mol. The van der Waals surface area contributed by atoms with Crippen LogP contribution in [0.5, 0.6) is 5.75 Å². The molecule has 0 unspecified atom stereocenters. The zero-order chi connectivity index (χ0) is 25.6. The summed E-state index contributed by atoms with van der Waals surface area (Å²) in [6, 6.07) is 8.08. The number of amides is 1. The zero-order valence-corrected chi connectivity index (χ0v) is 20.6. The highest BCUT2D eigenvalue weighted by Crippen LogP contribution is 2.30. The molecule has 35 heavy (non-hydrogen) atoms. The molecule has 0 saturated carbocycles. The number of rotatable bonds is 7. The van der Waals surface area contributed by atoms with Gasteiger partial charge in [0.05, 0.1) is 32.5 Å². The normalized spacial score (nSPS) is 14.5.